The van der Waals surface area contributed by atoms with Crippen molar-refractivity contribution in [2.45, 2.75) is 6.54 Å². The Bertz CT molecular complexity index is 403. The van der Waals surface area contributed by atoms with Gasteiger partial charge in [-0.3, -0.25) is 9.11 Å². The quantitative estimate of drug-likeness (QED) is 0.834. The largest absolute Gasteiger partial charge is 0.297 e. The van der Waals surface area contributed by atoms with E-state index in [0.29, 0.717) is 0 Å². The fourth-order valence-electron chi connectivity index (χ4n) is 1.72. The topological polar surface area (TPSA) is 20.3 Å². The summed E-state index contributed by atoms with van der Waals surface area (Å²) in [6, 6.07) is 5.96. The molecule has 0 amide bonds. The van der Waals surface area contributed by atoms with Crippen molar-refractivity contribution in [3.05, 3.63) is 33.3 Å². The zero-order chi connectivity index (χ0) is 11.5. The van der Waals surface area contributed by atoms with Crippen LogP contribution in [0.5, 0.6) is 0 Å². The molecule has 2 nitrogen and oxygen atoms in total. The second-order valence-corrected chi connectivity index (χ2v) is 6.88. The summed E-state index contributed by atoms with van der Waals surface area (Å²) in [4.78, 5) is 2.30. The average Bonchev–Trinajstić information content (AvgIpc) is 2.25. The standard InChI is InChI=1S/C11H13BrClNOS/c12-10-2-1-9(11(13)7-10)8-14-3-5-16(15)6-4-14/h1-2,7H,3-6,8H2. The fraction of sp³-hybridized carbons (Fsp3) is 0.455. The summed E-state index contributed by atoms with van der Waals surface area (Å²) in [5, 5.41) is 0.793. The van der Waals surface area contributed by atoms with E-state index in [2.05, 4.69) is 20.8 Å². The van der Waals surface area contributed by atoms with E-state index in [-0.39, 0.29) is 0 Å². The zero-order valence-corrected chi connectivity index (χ0v) is 11.9. The van der Waals surface area contributed by atoms with E-state index in [9.17, 15) is 4.21 Å². The van der Waals surface area contributed by atoms with Crippen LogP contribution < -0.4 is 0 Å². The molecule has 2 rings (SSSR count). The van der Waals surface area contributed by atoms with Crippen LogP contribution in [0.15, 0.2) is 22.7 Å². The van der Waals surface area contributed by atoms with Gasteiger partial charge in [0, 0.05) is 51.4 Å². The zero-order valence-electron chi connectivity index (χ0n) is 8.79. The van der Waals surface area contributed by atoms with Gasteiger partial charge in [0.25, 0.3) is 0 Å². The number of halogens is 2. The van der Waals surface area contributed by atoms with Crippen molar-refractivity contribution in [3.63, 3.8) is 0 Å². The minimum Gasteiger partial charge on any atom is -0.297 e. The predicted octanol–water partition coefficient (Wildman–Crippen LogP) is 2.67. The first-order valence-corrected chi connectivity index (χ1v) is 7.82. The van der Waals surface area contributed by atoms with Crippen LogP contribution in [0, 0.1) is 0 Å². The molecule has 0 atom stereocenters. The molecule has 1 aromatic carbocycles. The molecule has 0 spiro atoms. The van der Waals surface area contributed by atoms with Gasteiger partial charge in [0.15, 0.2) is 0 Å². The summed E-state index contributed by atoms with van der Waals surface area (Å²) in [5.41, 5.74) is 1.14. The maximum Gasteiger partial charge on any atom is 0.0462 e. The Morgan fingerprint density at radius 3 is 2.69 bits per heavy atom. The van der Waals surface area contributed by atoms with Gasteiger partial charge in [0.05, 0.1) is 0 Å². The third-order valence-electron chi connectivity index (χ3n) is 2.68. The minimum atomic E-state index is -0.610. The lowest BCUT2D eigenvalue weighted by Crippen LogP contribution is -2.37. The second kappa shape index (κ2) is 5.63. The number of hydrogen-bond acceptors (Lipinski definition) is 2. The normalized spacial score (nSPS) is 18.9. The van der Waals surface area contributed by atoms with Gasteiger partial charge in [-0.2, -0.15) is 0 Å². The smallest absolute Gasteiger partial charge is 0.0462 e. The first-order valence-electron chi connectivity index (χ1n) is 5.16. The molecule has 0 N–H and O–H groups in total. The Labute approximate surface area is 112 Å². The highest BCUT2D eigenvalue weighted by molar-refractivity contribution is 9.10. The molecule has 88 valence electrons. The number of hydrogen-bond donors (Lipinski definition) is 0. The Morgan fingerprint density at radius 2 is 2.06 bits per heavy atom. The van der Waals surface area contributed by atoms with E-state index in [1.165, 1.54) is 0 Å². The molecule has 1 aliphatic rings. The van der Waals surface area contributed by atoms with Gasteiger partial charge in [-0.1, -0.05) is 33.6 Å². The highest BCUT2D eigenvalue weighted by atomic mass is 79.9. The van der Waals surface area contributed by atoms with Crippen molar-refractivity contribution >= 4 is 38.3 Å². The molecule has 1 heterocycles. The van der Waals surface area contributed by atoms with E-state index < -0.39 is 10.8 Å². The summed E-state index contributed by atoms with van der Waals surface area (Å²) in [6.07, 6.45) is 0. The number of nitrogens with zero attached hydrogens (tertiary/aromatic N) is 1. The van der Waals surface area contributed by atoms with Crippen LogP contribution in [0.25, 0.3) is 0 Å². The first kappa shape index (κ1) is 12.6. The van der Waals surface area contributed by atoms with Crippen LogP contribution in [0.1, 0.15) is 5.56 Å². The van der Waals surface area contributed by atoms with Crippen LogP contribution in [-0.4, -0.2) is 33.7 Å². The van der Waals surface area contributed by atoms with Gasteiger partial charge >= 0.3 is 0 Å². The maximum atomic E-state index is 11.2. The Balaban J connectivity index is 2.01. The molecule has 0 radical (unpaired) electrons. The third-order valence-corrected chi connectivity index (χ3v) is 4.80. The molecule has 0 saturated carbocycles. The van der Waals surface area contributed by atoms with E-state index in [4.69, 9.17) is 11.6 Å². The Morgan fingerprint density at radius 1 is 1.38 bits per heavy atom. The third kappa shape index (κ3) is 3.29. The predicted molar refractivity (Wildman–Crippen MR) is 72.3 cm³/mol. The van der Waals surface area contributed by atoms with Crippen molar-refractivity contribution in [1.29, 1.82) is 0 Å². The molecular weight excluding hydrogens is 310 g/mol. The first-order chi connectivity index (χ1) is 7.65. The van der Waals surface area contributed by atoms with Crippen LogP contribution >= 0.6 is 27.5 Å². The molecular formula is C11H13BrClNOS. The molecule has 16 heavy (non-hydrogen) atoms. The minimum absolute atomic E-state index is 0.610. The van der Waals surface area contributed by atoms with Crippen molar-refractivity contribution in [2.75, 3.05) is 24.6 Å². The average molecular weight is 323 g/mol. The summed E-state index contributed by atoms with van der Waals surface area (Å²) in [7, 11) is -0.610. The van der Waals surface area contributed by atoms with Gasteiger partial charge in [-0.05, 0) is 17.7 Å². The van der Waals surface area contributed by atoms with Gasteiger partial charge in [-0.25, -0.2) is 0 Å². The Kier molecular flexibility index (Phi) is 4.41. The van der Waals surface area contributed by atoms with Gasteiger partial charge < -0.3 is 0 Å². The highest BCUT2D eigenvalue weighted by Gasteiger charge is 2.16. The summed E-state index contributed by atoms with van der Waals surface area (Å²) in [6.45, 7) is 2.65. The van der Waals surface area contributed by atoms with Crippen molar-refractivity contribution in [2.24, 2.45) is 0 Å². The van der Waals surface area contributed by atoms with Crippen molar-refractivity contribution in [3.8, 4) is 0 Å². The summed E-state index contributed by atoms with van der Waals surface area (Å²) in [5.74, 6) is 1.57. The van der Waals surface area contributed by atoms with E-state index in [1.807, 2.05) is 18.2 Å². The fourth-order valence-corrected chi connectivity index (χ4v) is 3.59. The SMILES string of the molecule is O=S1CCN(Cc2ccc(Br)cc2Cl)CC1. The molecule has 1 aromatic rings. The number of rotatable bonds is 2. The lowest BCUT2D eigenvalue weighted by atomic mass is 10.2. The molecule has 0 unspecified atom stereocenters. The second-order valence-electron chi connectivity index (χ2n) is 3.86. The van der Waals surface area contributed by atoms with Crippen molar-refractivity contribution < 1.29 is 4.21 Å². The van der Waals surface area contributed by atoms with Crippen molar-refractivity contribution in [1.82, 2.24) is 4.90 Å². The summed E-state index contributed by atoms with van der Waals surface area (Å²) < 4.78 is 12.2. The highest BCUT2D eigenvalue weighted by Crippen LogP contribution is 2.22. The van der Waals surface area contributed by atoms with Gasteiger partial charge in [-0.15, -0.1) is 0 Å². The summed E-state index contributed by atoms with van der Waals surface area (Å²) >= 11 is 9.55. The number of benzene rings is 1. The lowest BCUT2D eigenvalue weighted by Gasteiger charge is -2.26. The monoisotopic (exact) mass is 321 g/mol. The van der Waals surface area contributed by atoms with E-state index >= 15 is 0 Å². The maximum absolute atomic E-state index is 11.2. The van der Waals surface area contributed by atoms with E-state index in [1.54, 1.807) is 0 Å². The van der Waals surface area contributed by atoms with Crippen LogP contribution in [0.2, 0.25) is 5.02 Å². The van der Waals surface area contributed by atoms with Crippen LogP contribution in [0.4, 0.5) is 0 Å². The molecule has 0 aromatic heterocycles. The molecule has 5 heteroatoms. The van der Waals surface area contributed by atoms with Gasteiger partial charge in [0.1, 0.15) is 0 Å². The lowest BCUT2D eigenvalue weighted by molar-refractivity contribution is 0.291. The molecule has 0 bridgehead atoms. The molecule has 0 aliphatic carbocycles. The van der Waals surface area contributed by atoms with Crippen LogP contribution in [-0.2, 0) is 17.3 Å². The molecule has 1 saturated heterocycles. The molecule has 1 aliphatic heterocycles. The Hall–Kier alpha value is 0.1000. The van der Waals surface area contributed by atoms with Crippen LogP contribution in [0.3, 0.4) is 0 Å². The van der Waals surface area contributed by atoms with Gasteiger partial charge in [0.2, 0.25) is 0 Å². The van der Waals surface area contributed by atoms with E-state index in [0.717, 1.165) is 46.2 Å². The molecule has 1 fully saturated rings.